The van der Waals surface area contributed by atoms with Gasteiger partial charge in [-0.15, -0.1) is 10.5 Å². The van der Waals surface area contributed by atoms with Crippen LogP contribution < -0.4 is 11.5 Å². The first-order valence-electron chi connectivity index (χ1n) is 18.5. The van der Waals surface area contributed by atoms with E-state index < -0.39 is 0 Å². The van der Waals surface area contributed by atoms with Gasteiger partial charge in [-0.1, -0.05) is 171 Å². The maximum atomic E-state index is 6.06. The van der Waals surface area contributed by atoms with Crippen LogP contribution in [-0.2, 0) is 6.42 Å². The van der Waals surface area contributed by atoms with E-state index in [0.717, 1.165) is 28.0 Å². The summed E-state index contributed by atoms with van der Waals surface area (Å²) >= 11 is 0. The van der Waals surface area contributed by atoms with Gasteiger partial charge in [0.05, 0.1) is 11.4 Å². The molecular formula is C51H40N2S. The zero-order valence-electron chi connectivity index (χ0n) is 30.2. The Bertz CT molecular complexity index is 2720. The summed E-state index contributed by atoms with van der Waals surface area (Å²) in [6.07, 6.45) is 5.91. The third-order valence-corrected chi connectivity index (χ3v) is 12.9. The van der Waals surface area contributed by atoms with E-state index in [1.54, 1.807) is 0 Å². The molecule has 2 heterocycles. The number of benzene rings is 8. The summed E-state index contributed by atoms with van der Waals surface area (Å²) < 4.78 is 0. The molecular weight excluding hydrogens is 673 g/mol. The van der Waals surface area contributed by atoms with Gasteiger partial charge in [0.2, 0.25) is 0 Å². The summed E-state index contributed by atoms with van der Waals surface area (Å²) in [4.78, 5) is 4.32. The molecule has 0 radical (unpaired) electrons. The van der Waals surface area contributed by atoms with Crippen LogP contribution in [0.3, 0.4) is 0 Å². The van der Waals surface area contributed by atoms with E-state index >= 15 is 0 Å². The van der Waals surface area contributed by atoms with Crippen molar-refractivity contribution in [2.24, 2.45) is 0 Å². The smallest absolute Gasteiger partial charge is 0.0634 e. The van der Waals surface area contributed by atoms with Crippen molar-refractivity contribution in [1.82, 2.24) is 0 Å². The lowest BCUT2D eigenvalue weighted by Gasteiger charge is -2.34. The van der Waals surface area contributed by atoms with Crippen molar-refractivity contribution in [1.29, 1.82) is 0 Å². The molecule has 1 atom stereocenters. The monoisotopic (exact) mass is 712 g/mol. The van der Waals surface area contributed by atoms with Gasteiger partial charge in [0.25, 0.3) is 0 Å². The standard InChI is InChI=1S/C37H28S.C14H12N2/c1-2-26-13-15-29(16-14-26)30-17-19-31(20-18-30)36-24-33(28-11-7-4-8-12-28)25-37-34-23-32(21-22-35(34)38(36)37)27-9-5-3-6-10-27;15-13-11-7-3-1-5-9(11)10-6-2-4-8-12(10)14(13)16/h3-25H,2H2,1H3;1-8H,15-16H2. The minimum absolute atomic E-state index is 0.0313. The van der Waals surface area contributed by atoms with Crippen LogP contribution in [0.4, 0.5) is 11.4 Å². The van der Waals surface area contributed by atoms with Gasteiger partial charge >= 0.3 is 0 Å². The molecule has 0 aromatic heterocycles. The fraction of sp³-hybridized carbons (Fsp3) is 0.0392. The van der Waals surface area contributed by atoms with E-state index in [9.17, 15) is 0 Å². The Morgan fingerprint density at radius 2 is 0.889 bits per heavy atom. The Kier molecular flexibility index (Phi) is 8.78. The molecule has 10 rings (SSSR count). The molecule has 0 saturated carbocycles. The minimum Gasteiger partial charge on any atom is -0.397 e. The molecule has 0 saturated heterocycles. The molecule has 8 aromatic rings. The van der Waals surface area contributed by atoms with Crippen LogP contribution in [0.15, 0.2) is 193 Å². The molecule has 0 spiro atoms. The molecule has 2 aliphatic heterocycles. The predicted molar refractivity (Wildman–Crippen MR) is 236 cm³/mol. The largest absolute Gasteiger partial charge is 0.397 e. The van der Waals surface area contributed by atoms with E-state index in [-0.39, 0.29) is 10.5 Å². The average molecular weight is 713 g/mol. The molecule has 3 heteroatoms. The van der Waals surface area contributed by atoms with Crippen molar-refractivity contribution >= 4 is 58.7 Å². The number of rotatable bonds is 5. The zero-order valence-corrected chi connectivity index (χ0v) is 31.0. The highest BCUT2D eigenvalue weighted by Gasteiger charge is 2.31. The first-order valence-corrected chi connectivity index (χ1v) is 19.7. The predicted octanol–water partition coefficient (Wildman–Crippen LogP) is 13.0. The summed E-state index contributed by atoms with van der Waals surface area (Å²) in [6, 6.07) is 62.8. The third kappa shape index (κ3) is 6.03. The Morgan fingerprint density at radius 1 is 0.426 bits per heavy atom. The molecule has 0 aliphatic carbocycles. The van der Waals surface area contributed by atoms with E-state index in [2.05, 4.69) is 159 Å². The topological polar surface area (TPSA) is 52.0 Å². The van der Waals surface area contributed by atoms with Gasteiger partial charge in [0.15, 0.2) is 0 Å². The fourth-order valence-corrected chi connectivity index (χ4v) is 10.0. The number of nitrogens with two attached hydrogens (primary N) is 2. The second kappa shape index (κ2) is 14.2. The Hall–Kier alpha value is -6.42. The number of fused-ring (bicyclic) bond motifs is 7. The first kappa shape index (κ1) is 33.4. The molecule has 2 nitrogen and oxygen atoms in total. The maximum absolute atomic E-state index is 6.06. The highest BCUT2D eigenvalue weighted by Crippen LogP contribution is 2.59. The summed E-state index contributed by atoms with van der Waals surface area (Å²) in [5, 5.41) is 4.37. The molecule has 0 amide bonds. The van der Waals surface area contributed by atoms with E-state index in [4.69, 9.17) is 11.5 Å². The highest BCUT2D eigenvalue weighted by atomic mass is 32.2. The number of nitrogen functional groups attached to an aromatic ring is 2. The van der Waals surface area contributed by atoms with Crippen LogP contribution in [-0.4, -0.2) is 4.86 Å². The van der Waals surface area contributed by atoms with Gasteiger partial charge in [-0.25, -0.2) is 0 Å². The van der Waals surface area contributed by atoms with E-state index in [0.29, 0.717) is 11.4 Å². The highest BCUT2D eigenvalue weighted by molar-refractivity contribution is 8.26. The van der Waals surface area contributed by atoms with Gasteiger partial charge in [-0.3, -0.25) is 0 Å². The SMILES string of the molecule is CCc1ccc(-c2ccc(C3=S4C(=CC(c5ccccc5)=C3)c3cc(-c5ccccc5)ccc34)cc2)cc1.Nc1c(N)c2ccccc2c2ccccc12. The van der Waals surface area contributed by atoms with Crippen LogP contribution >= 0.6 is 10.5 Å². The van der Waals surface area contributed by atoms with Crippen LogP contribution in [0.25, 0.3) is 54.3 Å². The van der Waals surface area contributed by atoms with Gasteiger partial charge in [0.1, 0.15) is 0 Å². The van der Waals surface area contributed by atoms with Crippen LogP contribution in [0.2, 0.25) is 0 Å². The van der Waals surface area contributed by atoms with Crippen molar-refractivity contribution in [2.75, 3.05) is 11.5 Å². The second-order valence-electron chi connectivity index (χ2n) is 13.8. The number of aryl methyl sites for hydroxylation is 1. The second-order valence-corrected chi connectivity index (χ2v) is 15.7. The number of hydrogen-bond donors (Lipinski definition) is 2. The quantitative estimate of drug-likeness (QED) is 0.0808. The molecule has 4 N–H and O–H groups in total. The molecule has 0 fully saturated rings. The summed E-state index contributed by atoms with van der Waals surface area (Å²) in [7, 11) is -0.0313. The number of allylic oxidation sites excluding steroid dienone is 3. The summed E-state index contributed by atoms with van der Waals surface area (Å²) in [5.41, 5.74) is 25.2. The molecule has 0 bridgehead atoms. The third-order valence-electron chi connectivity index (χ3n) is 10.6. The van der Waals surface area contributed by atoms with Gasteiger partial charge in [-0.2, -0.15) is 0 Å². The normalized spacial score (nSPS) is 14.2. The molecule has 8 aromatic carbocycles. The molecule has 54 heavy (non-hydrogen) atoms. The minimum atomic E-state index is -0.0313. The molecule has 2 aliphatic rings. The van der Waals surface area contributed by atoms with Gasteiger partial charge < -0.3 is 11.5 Å². The Morgan fingerprint density at radius 3 is 1.46 bits per heavy atom. The fourth-order valence-electron chi connectivity index (χ4n) is 7.60. The summed E-state index contributed by atoms with van der Waals surface area (Å²) in [6.45, 7) is 2.20. The molecule has 260 valence electrons. The van der Waals surface area contributed by atoms with Gasteiger partial charge in [0, 0.05) is 31.0 Å². The lowest BCUT2D eigenvalue weighted by atomic mass is 9.97. The van der Waals surface area contributed by atoms with Crippen molar-refractivity contribution in [3.8, 4) is 22.3 Å². The lowest BCUT2D eigenvalue weighted by molar-refractivity contribution is 1.14. The Labute approximate surface area is 319 Å². The Balaban J connectivity index is 0.000000200. The summed E-state index contributed by atoms with van der Waals surface area (Å²) in [5.74, 6) is 0. The van der Waals surface area contributed by atoms with Crippen LogP contribution in [0.1, 0.15) is 29.2 Å². The average Bonchev–Trinajstić information content (AvgIpc) is 3.25. The molecule has 1 unspecified atom stereocenters. The number of hydrogen-bond acceptors (Lipinski definition) is 2. The van der Waals surface area contributed by atoms with Crippen molar-refractivity contribution < 1.29 is 0 Å². The van der Waals surface area contributed by atoms with E-state index in [1.165, 1.54) is 64.7 Å². The van der Waals surface area contributed by atoms with E-state index in [1.807, 2.05) is 36.4 Å². The van der Waals surface area contributed by atoms with Crippen molar-refractivity contribution in [2.45, 2.75) is 18.2 Å². The maximum Gasteiger partial charge on any atom is 0.0634 e. The number of anilines is 2. The van der Waals surface area contributed by atoms with Crippen LogP contribution in [0.5, 0.6) is 0 Å². The van der Waals surface area contributed by atoms with Gasteiger partial charge in [-0.05, 0) is 86.0 Å². The van der Waals surface area contributed by atoms with Crippen LogP contribution in [0, 0.1) is 0 Å². The van der Waals surface area contributed by atoms with Crippen molar-refractivity contribution in [3.63, 3.8) is 0 Å². The lowest BCUT2D eigenvalue weighted by Crippen LogP contribution is -2.12. The van der Waals surface area contributed by atoms with Crippen molar-refractivity contribution in [3.05, 3.63) is 210 Å². The first-order chi connectivity index (χ1) is 26.6. The zero-order chi connectivity index (χ0) is 36.6.